The van der Waals surface area contributed by atoms with E-state index in [-0.39, 0.29) is 11.4 Å². The lowest BCUT2D eigenvalue weighted by Crippen LogP contribution is -2.40. The molecule has 0 unspecified atom stereocenters. The van der Waals surface area contributed by atoms with Gasteiger partial charge in [-0.2, -0.15) is 0 Å². The molecule has 0 heterocycles. The molecule has 0 fully saturated rings. The molecule has 0 saturated carbocycles. The van der Waals surface area contributed by atoms with Crippen LogP contribution in [-0.4, -0.2) is 37.1 Å². The van der Waals surface area contributed by atoms with Crippen molar-refractivity contribution in [2.45, 2.75) is 32.7 Å². The van der Waals surface area contributed by atoms with Gasteiger partial charge < -0.3 is 10.2 Å². The van der Waals surface area contributed by atoms with Crippen LogP contribution in [0, 0.1) is 5.82 Å². The number of rotatable bonds is 6. The standard InChI is InChI=1S/C15H25FN2/c1-15(2,3)17-10-12-18(4)11-9-13-7-5-6-8-14(13)16/h5-8,17H,9-12H2,1-4H3. The van der Waals surface area contributed by atoms with Gasteiger partial charge in [0.25, 0.3) is 0 Å². The Balaban J connectivity index is 2.25. The Kier molecular flexibility index (Phi) is 5.76. The summed E-state index contributed by atoms with van der Waals surface area (Å²) < 4.78 is 13.4. The van der Waals surface area contributed by atoms with Crippen molar-refractivity contribution in [3.8, 4) is 0 Å². The molecule has 1 rings (SSSR count). The van der Waals surface area contributed by atoms with E-state index in [9.17, 15) is 4.39 Å². The highest BCUT2D eigenvalue weighted by Crippen LogP contribution is 2.07. The van der Waals surface area contributed by atoms with Crippen LogP contribution in [-0.2, 0) is 6.42 Å². The van der Waals surface area contributed by atoms with Gasteiger partial charge >= 0.3 is 0 Å². The van der Waals surface area contributed by atoms with Crippen molar-refractivity contribution in [1.29, 1.82) is 0 Å². The summed E-state index contributed by atoms with van der Waals surface area (Å²) in [6.07, 6.45) is 0.763. The maximum absolute atomic E-state index is 13.4. The zero-order valence-corrected chi connectivity index (χ0v) is 12.0. The predicted octanol–water partition coefficient (Wildman–Crippen LogP) is 2.69. The third-order valence-corrected chi connectivity index (χ3v) is 2.87. The topological polar surface area (TPSA) is 15.3 Å². The number of nitrogens with zero attached hydrogens (tertiary/aromatic N) is 1. The molecule has 0 spiro atoms. The number of halogens is 1. The third kappa shape index (κ3) is 6.12. The number of nitrogens with one attached hydrogen (secondary N) is 1. The minimum absolute atomic E-state index is 0.0984. The molecule has 0 atom stereocenters. The largest absolute Gasteiger partial charge is 0.311 e. The molecular weight excluding hydrogens is 227 g/mol. The maximum atomic E-state index is 13.4. The summed E-state index contributed by atoms with van der Waals surface area (Å²) in [4.78, 5) is 2.23. The lowest BCUT2D eigenvalue weighted by atomic mass is 10.1. The summed E-state index contributed by atoms with van der Waals surface area (Å²) in [5, 5.41) is 3.45. The van der Waals surface area contributed by atoms with E-state index < -0.39 is 0 Å². The van der Waals surface area contributed by atoms with E-state index in [4.69, 9.17) is 0 Å². The van der Waals surface area contributed by atoms with Crippen LogP contribution in [0.5, 0.6) is 0 Å². The number of hydrogen-bond acceptors (Lipinski definition) is 2. The molecule has 2 nitrogen and oxygen atoms in total. The second kappa shape index (κ2) is 6.86. The van der Waals surface area contributed by atoms with Crippen LogP contribution in [0.3, 0.4) is 0 Å². The molecule has 0 aliphatic heterocycles. The quantitative estimate of drug-likeness (QED) is 0.837. The third-order valence-electron chi connectivity index (χ3n) is 2.87. The summed E-state index contributed by atoms with van der Waals surface area (Å²) in [6, 6.07) is 7.00. The van der Waals surface area contributed by atoms with E-state index in [1.165, 1.54) is 6.07 Å². The minimum Gasteiger partial charge on any atom is -0.311 e. The number of hydrogen-bond donors (Lipinski definition) is 1. The van der Waals surface area contributed by atoms with Crippen molar-refractivity contribution in [3.05, 3.63) is 35.6 Å². The van der Waals surface area contributed by atoms with Gasteiger partial charge in [0.15, 0.2) is 0 Å². The molecule has 0 saturated heterocycles. The van der Waals surface area contributed by atoms with Crippen molar-refractivity contribution in [3.63, 3.8) is 0 Å². The normalized spacial score (nSPS) is 12.1. The van der Waals surface area contributed by atoms with Gasteiger partial charge in [-0.3, -0.25) is 0 Å². The Labute approximate surface area is 110 Å². The first kappa shape index (κ1) is 15.1. The molecule has 102 valence electrons. The summed E-state index contributed by atoms with van der Waals surface area (Å²) in [7, 11) is 2.07. The molecule has 1 aromatic carbocycles. The van der Waals surface area contributed by atoms with Crippen molar-refractivity contribution in [2.24, 2.45) is 0 Å². The molecule has 0 aliphatic carbocycles. The Morgan fingerprint density at radius 3 is 2.44 bits per heavy atom. The lowest BCUT2D eigenvalue weighted by Gasteiger charge is -2.23. The Morgan fingerprint density at radius 1 is 1.17 bits per heavy atom. The van der Waals surface area contributed by atoms with E-state index in [0.717, 1.165) is 31.6 Å². The summed E-state index contributed by atoms with van der Waals surface area (Å²) >= 11 is 0. The van der Waals surface area contributed by atoms with Crippen LogP contribution in [0.2, 0.25) is 0 Å². The van der Waals surface area contributed by atoms with Gasteiger partial charge in [0.2, 0.25) is 0 Å². The summed E-state index contributed by atoms with van der Waals surface area (Å²) in [5.41, 5.74) is 0.958. The summed E-state index contributed by atoms with van der Waals surface area (Å²) in [6.45, 7) is 9.29. The fourth-order valence-corrected chi connectivity index (χ4v) is 1.75. The van der Waals surface area contributed by atoms with Gasteiger partial charge in [-0.05, 0) is 45.9 Å². The average Bonchev–Trinajstić information content (AvgIpc) is 2.26. The first-order chi connectivity index (χ1) is 8.38. The monoisotopic (exact) mass is 252 g/mol. The van der Waals surface area contributed by atoms with Gasteiger partial charge in [-0.15, -0.1) is 0 Å². The van der Waals surface area contributed by atoms with Gasteiger partial charge in [0, 0.05) is 25.2 Å². The van der Waals surface area contributed by atoms with Crippen LogP contribution in [0.25, 0.3) is 0 Å². The van der Waals surface area contributed by atoms with Gasteiger partial charge in [0.1, 0.15) is 5.82 Å². The summed E-state index contributed by atoms with van der Waals surface area (Å²) in [5.74, 6) is -0.0984. The van der Waals surface area contributed by atoms with Crippen LogP contribution in [0.15, 0.2) is 24.3 Å². The Bertz CT molecular complexity index is 358. The molecule has 0 bridgehead atoms. The van der Waals surface area contributed by atoms with E-state index >= 15 is 0 Å². The second-order valence-corrected chi connectivity index (χ2v) is 5.82. The smallest absolute Gasteiger partial charge is 0.126 e. The van der Waals surface area contributed by atoms with E-state index in [2.05, 4.69) is 38.0 Å². The van der Waals surface area contributed by atoms with Crippen molar-refractivity contribution < 1.29 is 4.39 Å². The maximum Gasteiger partial charge on any atom is 0.126 e. The molecule has 0 amide bonds. The molecule has 18 heavy (non-hydrogen) atoms. The van der Waals surface area contributed by atoms with Crippen molar-refractivity contribution in [2.75, 3.05) is 26.7 Å². The Hall–Kier alpha value is -0.930. The second-order valence-electron chi connectivity index (χ2n) is 5.82. The van der Waals surface area contributed by atoms with Crippen LogP contribution in [0.1, 0.15) is 26.3 Å². The average molecular weight is 252 g/mol. The lowest BCUT2D eigenvalue weighted by molar-refractivity contribution is 0.311. The zero-order chi connectivity index (χ0) is 13.6. The fourth-order valence-electron chi connectivity index (χ4n) is 1.75. The predicted molar refractivity (Wildman–Crippen MR) is 75.4 cm³/mol. The highest BCUT2D eigenvalue weighted by Gasteiger charge is 2.08. The van der Waals surface area contributed by atoms with Crippen molar-refractivity contribution >= 4 is 0 Å². The van der Waals surface area contributed by atoms with Gasteiger partial charge in [0.05, 0.1) is 0 Å². The zero-order valence-electron chi connectivity index (χ0n) is 12.0. The van der Waals surface area contributed by atoms with Crippen LogP contribution >= 0.6 is 0 Å². The fraction of sp³-hybridized carbons (Fsp3) is 0.600. The SMILES string of the molecule is CN(CCNC(C)(C)C)CCc1ccccc1F. The molecule has 1 aromatic rings. The molecule has 0 aliphatic rings. The van der Waals surface area contributed by atoms with Crippen LogP contribution < -0.4 is 5.32 Å². The van der Waals surface area contributed by atoms with Gasteiger partial charge in [-0.25, -0.2) is 4.39 Å². The minimum atomic E-state index is -0.0984. The van der Waals surface area contributed by atoms with Gasteiger partial charge in [-0.1, -0.05) is 18.2 Å². The van der Waals surface area contributed by atoms with E-state index in [1.54, 1.807) is 6.07 Å². The van der Waals surface area contributed by atoms with Crippen LogP contribution in [0.4, 0.5) is 4.39 Å². The molecule has 0 aromatic heterocycles. The molecule has 3 heteroatoms. The highest BCUT2D eigenvalue weighted by atomic mass is 19.1. The molecule has 0 radical (unpaired) electrons. The number of benzene rings is 1. The number of likely N-dealkylation sites (N-methyl/N-ethyl adjacent to an activating group) is 1. The molecule has 1 N–H and O–H groups in total. The molecular formula is C15H25FN2. The highest BCUT2D eigenvalue weighted by molar-refractivity contribution is 5.17. The van der Waals surface area contributed by atoms with E-state index in [0.29, 0.717) is 0 Å². The van der Waals surface area contributed by atoms with E-state index in [1.807, 2.05) is 12.1 Å². The Morgan fingerprint density at radius 2 is 1.83 bits per heavy atom. The first-order valence-electron chi connectivity index (χ1n) is 6.55. The first-order valence-corrected chi connectivity index (χ1v) is 6.55. The van der Waals surface area contributed by atoms with Crippen molar-refractivity contribution in [1.82, 2.24) is 10.2 Å².